The molecule has 11 heavy (non-hydrogen) atoms. The minimum atomic E-state index is 0.838. The fourth-order valence-corrected chi connectivity index (χ4v) is 1.23. The van der Waals surface area contributed by atoms with E-state index in [9.17, 15) is 0 Å². The first-order valence-electron chi connectivity index (χ1n) is 4.04. The third kappa shape index (κ3) is 8.30. The molecule has 0 N–H and O–H groups in total. The van der Waals surface area contributed by atoms with Crippen molar-refractivity contribution < 1.29 is 4.74 Å². The number of nitrogens with zero attached hydrogens (tertiary/aromatic N) is 1. The van der Waals surface area contributed by atoms with Crippen LogP contribution in [0.5, 0.6) is 0 Å². The second kappa shape index (κ2) is 8.50. The summed E-state index contributed by atoms with van der Waals surface area (Å²) in [4.78, 5) is 2.30. The average molecular weight is 224 g/mol. The zero-order chi connectivity index (χ0) is 8.53. The van der Waals surface area contributed by atoms with Crippen molar-refractivity contribution in [3.8, 4) is 0 Å². The zero-order valence-corrected chi connectivity index (χ0v) is 9.06. The van der Waals surface area contributed by atoms with Crippen LogP contribution >= 0.6 is 15.9 Å². The van der Waals surface area contributed by atoms with Gasteiger partial charge in [-0.15, -0.1) is 0 Å². The Morgan fingerprint density at radius 3 is 2.55 bits per heavy atom. The summed E-state index contributed by atoms with van der Waals surface area (Å²) in [5, 5.41) is 1.12. The van der Waals surface area contributed by atoms with E-state index in [4.69, 9.17) is 4.74 Å². The lowest BCUT2D eigenvalue weighted by atomic mass is 10.3. The van der Waals surface area contributed by atoms with Gasteiger partial charge in [-0.3, -0.25) is 0 Å². The molecule has 0 heterocycles. The predicted octanol–water partition coefficient (Wildman–Crippen LogP) is 1.74. The van der Waals surface area contributed by atoms with Crippen molar-refractivity contribution in [1.29, 1.82) is 0 Å². The molecular formula is C8H18BrNO. The average Bonchev–Trinajstić information content (AvgIpc) is 2.01. The summed E-state index contributed by atoms with van der Waals surface area (Å²) in [6.07, 6.45) is 2.53. The summed E-state index contributed by atoms with van der Waals surface area (Å²) < 4.78 is 4.97. The van der Waals surface area contributed by atoms with Gasteiger partial charge in [-0.05, 0) is 26.4 Å². The lowest BCUT2D eigenvalue weighted by Gasteiger charge is -2.14. The van der Waals surface area contributed by atoms with E-state index in [-0.39, 0.29) is 0 Å². The molecule has 0 aromatic heterocycles. The van der Waals surface area contributed by atoms with Crippen LogP contribution in [0.15, 0.2) is 0 Å². The number of halogens is 1. The number of unbranched alkanes of at least 4 members (excludes halogenated alkanes) is 1. The van der Waals surface area contributed by atoms with Crippen molar-refractivity contribution in [1.82, 2.24) is 4.90 Å². The molecule has 0 aromatic rings. The molecule has 0 bridgehead atoms. The molecule has 0 saturated carbocycles. The molecule has 0 spiro atoms. The van der Waals surface area contributed by atoms with Crippen LogP contribution in [0.25, 0.3) is 0 Å². The Morgan fingerprint density at radius 1 is 1.27 bits per heavy atom. The Bertz CT molecular complexity index is 80.5. The Morgan fingerprint density at radius 2 is 2.00 bits per heavy atom. The van der Waals surface area contributed by atoms with E-state index in [0.717, 1.165) is 18.5 Å². The maximum absolute atomic E-state index is 4.97. The third-order valence-corrected chi connectivity index (χ3v) is 2.16. The molecule has 0 aliphatic heterocycles. The molecule has 0 atom stereocenters. The van der Waals surface area contributed by atoms with Crippen LogP contribution in [0.4, 0.5) is 0 Å². The summed E-state index contributed by atoms with van der Waals surface area (Å²) in [5.41, 5.74) is 0. The van der Waals surface area contributed by atoms with E-state index in [0.29, 0.717) is 0 Å². The maximum atomic E-state index is 4.97. The number of likely N-dealkylation sites (N-methyl/N-ethyl adjacent to an activating group) is 1. The van der Waals surface area contributed by atoms with Gasteiger partial charge >= 0.3 is 0 Å². The molecule has 3 heteroatoms. The van der Waals surface area contributed by atoms with E-state index < -0.39 is 0 Å². The summed E-state index contributed by atoms with van der Waals surface area (Å²) in [6.45, 7) is 3.05. The first kappa shape index (κ1) is 11.4. The monoisotopic (exact) mass is 223 g/mol. The number of ether oxygens (including phenoxy) is 1. The summed E-state index contributed by atoms with van der Waals surface area (Å²) in [7, 11) is 3.87. The van der Waals surface area contributed by atoms with Crippen LogP contribution in [0.3, 0.4) is 0 Å². The Labute approximate surface area is 78.0 Å². The third-order valence-electron chi connectivity index (χ3n) is 1.60. The van der Waals surface area contributed by atoms with Crippen LogP contribution in [0.1, 0.15) is 12.8 Å². The predicted molar refractivity (Wildman–Crippen MR) is 52.4 cm³/mol. The largest absolute Gasteiger partial charge is 0.383 e. The van der Waals surface area contributed by atoms with Gasteiger partial charge in [0.15, 0.2) is 0 Å². The lowest BCUT2D eigenvalue weighted by molar-refractivity contribution is 0.160. The highest BCUT2D eigenvalue weighted by atomic mass is 79.9. The molecule has 0 saturated heterocycles. The van der Waals surface area contributed by atoms with Crippen LogP contribution in [-0.2, 0) is 4.74 Å². The smallest absolute Gasteiger partial charge is 0.0589 e. The second-order valence-electron chi connectivity index (χ2n) is 2.69. The second-order valence-corrected chi connectivity index (χ2v) is 3.49. The highest BCUT2D eigenvalue weighted by Gasteiger charge is 1.95. The lowest BCUT2D eigenvalue weighted by Crippen LogP contribution is -2.23. The van der Waals surface area contributed by atoms with Crippen LogP contribution in [0.2, 0.25) is 0 Å². The topological polar surface area (TPSA) is 12.5 Å². The zero-order valence-electron chi connectivity index (χ0n) is 7.48. The van der Waals surface area contributed by atoms with Crippen molar-refractivity contribution in [3.05, 3.63) is 0 Å². The first-order chi connectivity index (χ1) is 5.31. The normalized spacial score (nSPS) is 10.9. The maximum Gasteiger partial charge on any atom is 0.0589 e. The molecule has 0 aliphatic rings. The van der Waals surface area contributed by atoms with Crippen molar-refractivity contribution >= 4 is 15.9 Å². The SMILES string of the molecule is COCCN(C)CCCCBr. The van der Waals surface area contributed by atoms with E-state index in [1.165, 1.54) is 19.4 Å². The van der Waals surface area contributed by atoms with E-state index in [1.807, 2.05) is 0 Å². The van der Waals surface area contributed by atoms with Crippen LogP contribution < -0.4 is 0 Å². The van der Waals surface area contributed by atoms with Gasteiger partial charge < -0.3 is 9.64 Å². The summed E-state index contributed by atoms with van der Waals surface area (Å²) in [5.74, 6) is 0. The van der Waals surface area contributed by atoms with Crippen molar-refractivity contribution in [2.75, 3.05) is 39.2 Å². The molecule has 0 amide bonds. The highest BCUT2D eigenvalue weighted by molar-refractivity contribution is 9.09. The molecule has 0 aromatic carbocycles. The van der Waals surface area contributed by atoms with Gasteiger partial charge in [-0.25, -0.2) is 0 Å². The number of hydrogen-bond acceptors (Lipinski definition) is 2. The molecule has 0 radical (unpaired) electrons. The fraction of sp³-hybridized carbons (Fsp3) is 1.00. The number of hydrogen-bond donors (Lipinski definition) is 0. The van der Waals surface area contributed by atoms with Gasteiger partial charge in [0.2, 0.25) is 0 Å². The van der Waals surface area contributed by atoms with Crippen molar-refractivity contribution in [2.24, 2.45) is 0 Å². The van der Waals surface area contributed by atoms with E-state index in [2.05, 4.69) is 27.9 Å². The number of alkyl halides is 1. The number of rotatable bonds is 7. The van der Waals surface area contributed by atoms with Crippen molar-refractivity contribution in [2.45, 2.75) is 12.8 Å². The quantitative estimate of drug-likeness (QED) is 0.482. The van der Waals surface area contributed by atoms with Gasteiger partial charge in [0.05, 0.1) is 6.61 Å². The van der Waals surface area contributed by atoms with Crippen LogP contribution in [-0.4, -0.2) is 44.1 Å². The van der Waals surface area contributed by atoms with Crippen LogP contribution in [0, 0.1) is 0 Å². The van der Waals surface area contributed by atoms with Gasteiger partial charge in [-0.2, -0.15) is 0 Å². The molecule has 0 fully saturated rings. The van der Waals surface area contributed by atoms with Gasteiger partial charge in [0.25, 0.3) is 0 Å². The summed E-state index contributed by atoms with van der Waals surface area (Å²) >= 11 is 3.41. The summed E-state index contributed by atoms with van der Waals surface area (Å²) in [6, 6.07) is 0. The molecule has 0 rings (SSSR count). The molecule has 2 nitrogen and oxygen atoms in total. The molecule has 0 aliphatic carbocycles. The standard InChI is InChI=1S/C8H18BrNO/c1-10(7-8-11-2)6-4-3-5-9/h3-8H2,1-2H3. The Kier molecular flexibility index (Phi) is 8.81. The minimum absolute atomic E-state index is 0.838. The van der Waals surface area contributed by atoms with Gasteiger partial charge in [-0.1, -0.05) is 15.9 Å². The van der Waals surface area contributed by atoms with E-state index >= 15 is 0 Å². The Hall–Kier alpha value is 0.400. The van der Waals surface area contributed by atoms with E-state index in [1.54, 1.807) is 7.11 Å². The van der Waals surface area contributed by atoms with Crippen molar-refractivity contribution in [3.63, 3.8) is 0 Å². The van der Waals surface area contributed by atoms with Gasteiger partial charge in [0.1, 0.15) is 0 Å². The Balaban J connectivity index is 3.02. The number of methoxy groups -OCH3 is 1. The first-order valence-corrected chi connectivity index (χ1v) is 5.17. The highest BCUT2D eigenvalue weighted by Crippen LogP contribution is 1.95. The molecule has 0 unspecified atom stereocenters. The molecule has 68 valence electrons. The van der Waals surface area contributed by atoms with Gasteiger partial charge in [0, 0.05) is 19.0 Å². The minimum Gasteiger partial charge on any atom is -0.383 e. The fourth-order valence-electron chi connectivity index (χ4n) is 0.835. The molecular weight excluding hydrogens is 206 g/mol.